The SMILES string of the molecule is CCOc1ccc(NC(=O)C2(c3ccccc3Cl)CCCCC2)cc1C(=O)OC. The molecular weight excluding hydrogens is 390 g/mol. The van der Waals surface area contributed by atoms with Gasteiger partial charge in [-0.25, -0.2) is 4.79 Å². The van der Waals surface area contributed by atoms with Crippen LogP contribution in [0.1, 0.15) is 54.9 Å². The number of hydrogen-bond acceptors (Lipinski definition) is 4. The van der Waals surface area contributed by atoms with Gasteiger partial charge in [-0.1, -0.05) is 49.1 Å². The summed E-state index contributed by atoms with van der Waals surface area (Å²) < 4.78 is 10.4. The highest BCUT2D eigenvalue weighted by molar-refractivity contribution is 6.31. The summed E-state index contributed by atoms with van der Waals surface area (Å²) in [6.45, 7) is 2.26. The number of rotatable bonds is 6. The highest BCUT2D eigenvalue weighted by Gasteiger charge is 2.42. The van der Waals surface area contributed by atoms with Crippen molar-refractivity contribution >= 4 is 29.2 Å². The Balaban J connectivity index is 1.94. The van der Waals surface area contributed by atoms with Crippen molar-refractivity contribution in [2.75, 3.05) is 19.0 Å². The summed E-state index contributed by atoms with van der Waals surface area (Å²) in [5, 5.41) is 3.61. The molecule has 5 nitrogen and oxygen atoms in total. The fourth-order valence-corrected chi connectivity index (χ4v) is 4.35. The lowest BCUT2D eigenvalue weighted by Crippen LogP contribution is -2.42. The minimum Gasteiger partial charge on any atom is -0.493 e. The third kappa shape index (κ3) is 4.40. The molecule has 0 bridgehead atoms. The molecule has 2 aromatic carbocycles. The minimum absolute atomic E-state index is 0.106. The van der Waals surface area contributed by atoms with E-state index >= 15 is 0 Å². The zero-order valence-electron chi connectivity index (χ0n) is 16.8. The summed E-state index contributed by atoms with van der Waals surface area (Å²) in [6.07, 6.45) is 4.52. The fraction of sp³-hybridized carbons (Fsp3) is 0.391. The van der Waals surface area contributed by atoms with E-state index in [0.29, 0.717) is 23.1 Å². The predicted octanol–water partition coefficient (Wildman–Crippen LogP) is 5.37. The maximum absolute atomic E-state index is 13.5. The van der Waals surface area contributed by atoms with Crippen molar-refractivity contribution in [3.05, 3.63) is 58.6 Å². The van der Waals surface area contributed by atoms with Crippen LogP contribution in [-0.2, 0) is 14.9 Å². The number of nitrogens with one attached hydrogen (secondary N) is 1. The standard InChI is InChI=1S/C23H26ClNO4/c1-3-29-20-12-11-16(15-17(20)21(26)28-2)25-22(27)23(13-7-4-8-14-23)18-9-5-6-10-19(18)24/h5-6,9-12,15H,3-4,7-8,13-14H2,1-2H3,(H,25,27). The number of ether oxygens (including phenoxy) is 2. The van der Waals surface area contributed by atoms with Gasteiger partial charge < -0.3 is 14.8 Å². The Labute approximate surface area is 176 Å². The van der Waals surface area contributed by atoms with Crippen LogP contribution in [-0.4, -0.2) is 25.6 Å². The number of methoxy groups -OCH3 is 1. The molecule has 0 saturated heterocycles. The topological polar surface area (TPSA) is 64.6 Å². The van der Waals surface area contributed by atoms with E-state index in [9.17, 15) is 9.59 Å². The molecule has 3 rings (SSSR count). The lowest BCUT2D eigenvalue weighted by molar-refractivity contribution is -0.122. The smallest absolute Gasteiger partial charge is 0.341 e. The van der Waals surface area contributed by atoms with Gasteiger partial charge in [-0.05, 0) is 49.6 Å². The Bertz CT molecular complexity index is 890. The highest BCUT2D eigenvalue weighted by Crippen LogP contribution is 2.43. The Kier molecular flexibility index (Phi) is 6.80. The van der Waals surface area contributed by atoms with Crippen LogP contribution in [0.4, 0.5) is 5.69 Å². The van der Waals surface area contributed by atoms with Gasteiger partial charge in [0.1, 0.15) is 11.3 Å². The molecule has 154 valence electrons. The van der Waals surface area contributed by atoms with Crippen LogP contribution in [0.15, 0.2) is 42.5 Å². The minimum atomic E-state index is -0.680. The highest BCUT2D eigenvalue weighted by atomic mass is 35.5. The van der Waals surface area contributed by atoms with Crippen LogP contribution in [0.2, 0.25) is 5.02 Å². The molecule has 1 fully saturated rings. The largest absolute Gasteiger partial charge is 0.493 e. The van der Waals surface area contributed by atoms with Gasteiger partial charge >= 0.3 is 5.97 Å². The van der Waals surface area contributed by atoms with Crippen molar-refractivity contribution in [1.29, 1.82) is 0 Å². The second kappa shape index (κ2) is 9.31. The number of halogens is 1. The fourth-order valence-electron chi connectivity index (χ4n) is 4.03. The van der Waals surface area contributed by atoms with Crippen LogP contribution in [0.3, 0.4) is 0 Å². The van der Waals surface area contributed by atoms with Crippen LogP contribution in [0, 0.1) is 0 Å². The normalized spacial score (nSPS) is 15.4. The van der Waals surface area contributed by atoms with Crippen LogP contribution in [0.25, 0.3) is 0 Å². The first-order valence-electron chi connectivity index (χ1n) is 9.93. The molecule has 1 N–H and O–H groups in total. The molecule has 1 saturated carbocycles. The van der Waals surface area contributed by atoms with Crippen LogP contribution >= 0.6 is 11.6 Å². The molecule has 0 unspecified atom stereocenters. The van der Waals surface area contributed by atoms with Gasteiger partial charge in [-0.15, -0.1) is 0 Å². The molecule has 1 aliphatic rings. The summed E-state index contributed by atoms with van der Waals surface area (Å²) in [5.74, 6) is -0.191. The van der Waals surface area contributed by atoms with Gasteiger partial charge in [0.25, 0.3) is 0 Å². The number of benzene rings is 2. The molecule has 0 aromatic heterocycles. The van der Waals surface area contributed by atoms with Crippen molar-refractivity contribution in [2.45, 2.75) is 44.4 Å². The van der Waals surface area contributed by atoms with Crippen molar-refractivity contribution in [3.8, 4) is 5.75 Å². The van der Waals surface area contributed by atoms with E-state index < -0.39 is 11.4 Å². The summed E-state index contributed by atoms with van der Waals surface area (Å²) in [4.78, 5) is 25.6. The predicted molar refractivity (Wildman–Crippen MR) is 114 cm³/mol. The average Bonchev–Trinajstić information content (AvgIpc) is 2.75. The van der Waals surface area contributed by atoms with E-state index in [-0.39, 0.29) is 11.5 Å². The maximum Gasteiger partial charge on any atom is 0.341 e. The molecular formula is C23H26ClNO4. The number of carbonyl (C=O) groups is 2. The second-order valence-electron chi connectivity index (χ2n) is 7.21. The third-order valence-electron chi connectivity index (χ3n) is 5.47. The van der Waals surface area contributed by atoms with E-state index in [1.807, 2.05) is 31.2 Å². The summed E-state index contributed by atoms with van der Waals surface area (Å²) in [6, 6.07) is 12.6. The maximum atomic E-state index is 13.5. The Hall–Kier alpha value is -2.53. The van der Waals surface area contributed by atoms with E-state index in [1.165, 1.54) is 7.11 Å². The Morgan fingerprint density at radius 2 is 1.83 bits per heavy atom. The molecule has 1 amide bonds. The van der Waals surface area contributed by atoms with Gasteiger partial charge in [0, 0.05) is 10.7 Å². The van der Waals surface area contributed by atoms with Crippen molar-refractivity contribution < 1.29 is 19.1 Å². The lowest BCUT2D eigenvalue weighted by atomic mass is 9.68. The molecule has 0 heterocycles. The third-order valence-corrected chi connectivity index (χ3v) is 5.80. The number of amides is 1. The van der Waals surface area contributed by atoms with Crippen LogP contribution in [0.5, 0.6) is 5.75 Å². The van der Waals surface area contributed by atoms with Gasteiger partial charge in [0.2, 0.25) is 5.91 Å². The van der Waals surface area contributed by atoms with Gasteiger partial charge in [-0.3, -0.25) is 4.79 Å². The Morgan fingerprint density at radius 1 is 1.10 bits per heavy atom. The number of hydrogen-bond donors (Lipinski definition) is 1. The number of esters is 1. The summed E-state index contributed by atoms with van der Waals surface area (Å²) in [7, 11) is 1.32. The molecule has 6 heteroatoms. The number of carbonyl (C=O) groups excluding carboxylic acids is 2. The first kappa shape index (κ1) is 21.2. The molecule has 29 heavy (non-hydrogen) atoms. The lowest BCUT2D eigenvalue weighted by Gasteiger charge is -2.37. The molecule has 2 aromatic rings. The number of anilines is 1. The van der Waals surface area contributed by atoms with E-state index in [4.69, 9.17) is 21.1 Å². The first-order chi connectivity index (χ1) is 14.0. The quantitative estimate of drug-likeness (QED) is 0.644. The van der Waals surface area contributed by atoms with Crippen molar-refractivity contribution in [2.24, 2.45) is 0 Å². The van der Waals surface area contributed by atoms with Crippen molar-refractivity contribution in [1.82, 2.24) is 0 Å². The molecule has 1 aliphatic carbocycles. The second-order valence-corrected chi connectivity index (χ2v) is 7.62. The van der Waals surface area contributed by atoms with Gasteiger partial charge in [0.05, 0.1) is 19.1 Å². The monoisotopic (exact) mass is 415 g/mol. The zero-order valence-corrected chi connectivity index (χ0v) is 17.6. The average molecular weight is 416 g/mol. The summed E-state index contributed by atoms with van der Waals surface area (Å²) in [5.41, 5.74) is 0.983. The first-order valence-corrected chi connectivity index (χ1v) is 10.3. The zero-order chi connectivity index (χ0) is 20.9. The Morgan fingerprint density at radius 3 is 2.48 bits per heavy atom. The van der Waals surface area contributed by atoms with E-state index in [2.05, 4.69) is 5.32 Å². The molecule has 0 aliphatic heterocycles. The molecule has 0 spiro atoms. The van der Waals surface area contributed by atoms with E-state index in [1.54, 1.807) is 18.2 Å². The van der Waals surface area contributed by atoms with Crippen LogP contribution < -0.4 is 10.1 Å². The van der Waals surface area contributed by atoms with Gasteiger partial charge in [-0.2, -0.15) is 0 Å². The van der Waals surface area contributed by atoms with Gasteiger partial charge in [0.15, 0.2) is 0 Å². The summed E-state index contributed by atoms with van der Waals surface area (Å²) >= 11 is 6.48. The van der Waals surface area contributed by atoms with E-state index in [0.717, 1.165) is 37.7 Å². The van der Waals surface area contributed by atoms with Crippen molar-refractivity contribution in [3.63, 3.8) is 0 Å². The molecule has 0 atom stereocenters. The molecule has 0 radical (unpaired) electrons.